The van der Waals surface area contributed by atoms with Gasteiger partial charge >= 0.3 is 0 Å². The summed E-state index contributed by atoms with van der Waals surface area (Å²) in [5.41, 5.74) is 0. The molecule has 2 heterocycles. The molecule has 1 saturated heterocycles. The first-order chi connectivity index (χ1) is 6.36. The van der Waals surface area contributed by atoms with E-state index in [1.165, 1.54) is 0 Å². The largest absolute Gasteiger partial charge is 0.340 e. The van der Waals surface area contributed by atoms with Crippen LogP contribution in [-0.4, -0.2) is 55.5 Å². The van der Waals surface area contributed by atoms with Crippen LogP contribution in [0.1, 0.15) is 0 Å². The first kappa shape index (κ1) is 8.56. The van der Waals surface area contributed by atoms with Crippen LogP contribution in [0.2, 0.25) is 0 Å². The molecule has 0 aromatic heterocycles. The normalized spacial score (nSPS) is 24.1. The summed E-state index contributed by atoms with van der Waals surface area (Å²) in [4.78, 5) is 9.06. The number of nitrogens with one attached hydrogen (secondary N) is 1. The molecule has 4 heteroatoms. The molecular formula is C9H16N4. The van der Waals surface area contributed by atoms with Crippen LogP contribution >= 0.6 is 0 Å². The highest BCUT2D eigenvalue weighted by molar-refractivity contribution is 5.81. The third kappa shape index (κ3) is 2.01. The van der Waals surface area contributed by atoms with Crippen molar-refractivity contribution in [1.82, 2.24) is 15.1 Å². The number of piperazine rings is 1. The van der Waals surface area contributed by atoms with Gasteiger partial charge in [0.25, 0.3) is 0 Å². The Bertz CT molecular complexity index is 226. The van der Waals surface area contributed by atoms with Gasteiger partial charge in [0.1, 0.15) is 0 Å². The Morgan fingerprint density at radius 1 is 1.31 bits per heavy atom. The van der Waals surface area contributed by atoms with Gasteiger partial charge in [-0.2, -0.15) is 0 Å². The molecule has 2 rings (SSSR count). The van der Waals surface area contributed by atoms with Gasteiger partial charge in [0, 0.05) is 32.4 Å². The molecular weight excluding hydrogens is 164 g/mol. The maximum Gasteiger partial charge on any atom is 0.198 e. The topological polar surface area (TPSA) is 30.9 Å². The van der Waals surface area contributed by atoms with Crippen molar-refractivity contribution in [2.75, 3.05) is 39.8 Å². The van der Waals surface area contributed by atoms with Crippen LogP contribution in [-0.2, 0) is 0 Å². The highest BCUT2D eigenvalue weighted by Gasteiger charge is 2.16. The van der Waals surface area contributed by atoms with Crippen LogP contribution < -0.4 is 5.32 Å². The summed E-state index contributed by atoms with van der Waals surface area (Å²) in [5.74, 6) is 1.04. The van der Waals surface area contributed by atoms with Crippen molar-refractivity contribution in [3.05, 3.63) is 12.3 Å². The summed E-state index contributed by atoms with van der Waals surface area (Å²) in [6.07, 6.45) is 4.00. The number of aliphatic imine (C=N–C) groups is 1. The molecule has 1 N–H and O–H groups in total. The van der Waals surface area contributed by atoms with Gasteiger partial charge in [0.05, 0.1) is 6.54 Å². The molecule has 0 spiro atoms. The highest BCUT2D eigenvalue weighted by atomic mass is 15.3. The second kappa shape index (κ2) is 3.79. The van der Waals surface area contributed by atoms with Crippen molar-refractivity contribution in [3.8, 4) is 0 Å². The standard InChI is InChI=1S/C9H16N4/c1-12-5-7-13(8-6-12)9-10-3-2-4-11-9/h2-3H,4-8H2,1H3,(H,10,11). The average Bonchev–Trinajstić information content (AvgIpc) is 2.20. The lowest BCUT2D eigenvalue weighted by atomic mass is 10.3. The fourth-order valence-electron chi connectivity index (χ4n) is 1.58. The number of rotatable bonds is 0. The minimum atomic E-state index is 0.814. The number of hydrogen-bond acceptors (Lipinski definition) is 4. The zero-order valence-electron chi connectivity index (χ0n) is 8.03. The summed E-state index contributed by atoms with van der Waals surface area (Å²) in [7, 11) is 2.16. The molecule has 0 aromatic carbocycles. The average molecular weight is 180 g/mol. The molecule has 0 saturated carbocycles. The van der Waals surface area contributed by atoms with Gasteiger partial charge in [0.2, 0.25) is 0 Å². The van der Waals surface area contributed by atoms with Crippen molar-refractivity contribution < 1.29 is 0 Å². The minimum absolute atomic E-state index is 0.814. The van der Waals surface area contributed by atoms with Gasteiger partial charge in [-0.25, -0.2) is 4.99 Å². The second-order valence-electron chi connectivity index (χ2n) is 3.50. The monoisotopic (exact) mass is 180 g/mol. The van der Waals surface area contributed by atoms with Crippen LogP contribution in [0.25, 0.3) is 0 Å². The zero-order valence-corrected chi connectivity index (χ0v) is 8.03. The Balaban J connectivity index is 1.90. The van der Waals surface area contributed by atoms with E-state index in [-0.39, 0.29) is 0 Å². The van der Waals surface area contributed by atoms with E-state index in [2.05, 4.69) is 27.2 Å². The highest BCUT2D eigenvalue weighted by Crippen LogP contribution is 2.01. The van der Waals surface area contributed by atoms with Crippen LogP contribution in [0.15, 0.2) is 17.3 Å². The predicted octanol–water partition coefficient (Wildman–Crippen LogP) is -0.293. The van der Waals surface area contributed by atoms with Crippen molar-refractivity contribution in [2.45, 2.75) is 0 Å². The lowest BCUT2D eigenvalue weighted by Crippen LogP contribution is -2.51. The van der Waals surface area contributed by atoms with Crippen molar-refractivity contribution in [2.24, 2.45) is 4.99 Å². The molecule has 0 atom stereocenters. The molecule has 0 aromatic rings. The molecule has 0 amide bonds. The molecule has 13 heavy (non-hydrogen) atoms. The molecule has 0 radical (unpaired) electrons. The van der Waals surface area contributed by atoms with Crippen molar-refractivity contribution >= 4 is 5.96 Å². The number of hydrogen-bond donors (Lipinski definition) is 1. The van der Waals surface area contributed by atoms with E-state index in [1.807, 2.05) is 12.3 Å². The van der Waals surface area contributed by atoms with Gasteiger partial charge in [-0.3, -0.25) is 0 Å². The molecule has 2 aliphatic rings. The molecule has 1 fully saturated rings. The molecule has 0 unspecified atom stereocenters. The first-order valence-corrected chi connectivity index (χ1v) is 4.76. The number of nitrogens with zero attached hydrogens (tertiary/aromatic N) is 3. The Labute approximate surface area is 78.9 Å². The summed E-state index contributed by atoms with van der Waals surface area (Å²) in [5, 5.41) is 3.18. The Hall–Kier alpha value is -1.03. The van der Waals surface area contributed by atoms with E-state index in [4.69, 9.17) is 0 Å². The summed E-state index contributed by atoms with van der Waals surface area (Å²) in [6.45, 7) is 5.23. The summed E-state index contributed by atoms with van der Waals surface area (Å²) >= 11 is 0. The van der Waals surface area contributed by atoms with Crippen molar-refractivity contribution in [1.29, 1.82) is 0 Å². The van der Waals surface area contributed by atoms with Gasteiger partial charge in [-0.1, -0.05) is 0 Å². The minimum Gasteiger partial charge on any atom is -0.340 e. The van der Waals surface area contributed by atoms with Crippen molar-refractivity contribution in [3.63, 3.8) is 0 Å². The fourth-order valence-corrected chi connectivity index (χ4v) is 1.58. The number of likely N-dealkylation sites (N-methyl/N-ethyl adjacent to an activating group) is 1. The lowest BCUT2D eigenvalue weighted by molar-refractivity contribution is 0.212. The second-order valence-corrected chi connectivity index (χ2v) is 3.50. The Morgan fingerprint density at radius 2 is 2.08 bits per heavy atom. The number of guanidine groups is 1. The molecule has 0 aliphatic carbocycles. The van der Waals surface area contributed by atoms with Gasteiger partial charge in [-0.05, 0) is 13.1 Å². The van der Waals surface area contributed by atoms with Gasteiger partial charge in [0.15, 0.2) is 5.96 Å². The third-order valence-electron chi connectivity index (χ3n) is 2.48. The Kier molecular flexibility index (Phi) is 2.49. The van der Waals surface area contributed by atoms with Crippen LogP contribution in [0, 0.1) is 0 Å². The molecule has 4 nitrogen and oxygen atoms in total. The smallest absolute Gasteiger partial charge is 0.198 e. The van der Waals surface area contributed by atoms with Gasteiger partial charge < -0.3 is 15.1 Å². The SMILES string of the molecule is CN1CCN(C2=NCC=CN2)CC1. The van der Waals surface area contributed by atoms with Gasteiger partial charge in [-0.15, -0.1) is 0 Å². The predicted molar refractivity (Wildman–Crippen MR) is 53.6 cm³/mol. The Morgan fingerprint density at radius 3 is 2.69 bits per heavy atom. The van der Waals surface area contributed by atoms with E-state index in [1.54, 1.807) is 0 Å². The molecule has 72 valence electrons. The fraction of sp³-hybridized carbons (Fsp3) is 0.667. The quantitative estimate of drug-likeness (QED) is 0.555. The van der Waals surface area contributed by atoms with Crippen LogP contribution in [0.5, 0.6) is 0 Å². The van der Waals surface area contributed by atoms with Crippen LogP contribution in [0.3, 0.4) is 0 Å². The van der Waals surface area contributed by atoms with E-state index in [0.29, 0.717) is 0 Å². The maximum absolute atomic E-state index is 4.40. The lowest BCUT2D eigenvalue weighted by Gasteiger charge is -2.34. The summed E-state index contributed by atoms with van der Waals surface area (Å²) < 4.78 is 0. The van der Waals surface area contributed by atoms with E-state index in [0.717, 1.165) is 38.7 Å². The maximum atomic E-state index is 4.40. The third-order valence-corrected chi connectivity index (χ3v) is 2.48. The molecule has 0 bridgehead atoms. The van der Waals surface area contributed by atoms with E-state index < -0.39 is 0 Å². The van der Waals surface area contributed by atoms with E-state index in [9.17, 15) is 0 Å². The zero-order chi connectivity index (χ0) is 9.10. The van der Waals surface area contributed by atoms with E-state index >= 15 is 0 Å². The molecule has 2 aliphatic heterocycles. The summed E-state index contributed by atoms with van der Waals surface area (Å²) in [6, 6.07) is 0. The first-order valence-electron chi connectivity index (χ1n) is 4.76. The van der Waals surface area contributed by atoms with Crippen LogP contribution in [0.4, 0.5) is 0 Å².